The second-order valence-electron chi connectivity index (χ2n) is 6.70. The van der Waals surface area contributed by atoms with Gasteiger partial charge in [0.05, 0.1) is 11.0 Å². The minimum atomic E-state index is -4.47. The molecule has 1 aliphatic rings. The maximum Gasteiger partial charge on any atom is 0.435 e. The molecule has 2 aromatic heterocycles. The Balaban J connectivity index is 1.55. The molecule has 1 atom stereocenters. The van der Waals surface area contributed by atoms with E-state index in [0.29, 0.717) is 12.4 Å². The van der Waals surface area contributed by atoms with Gasteiger partial charge in [0.15, 0.2) is 11.5 Å². The van der Waals surface area contributed by atoms with Gasteiger partial charge in [-0.25, -0.2) is 4.98 Å². The Bertz CT molecular complexity index is 917. The molecule has 1 unspecified atom stereocenters. The van der Waals surface area contributed by atoms with Gasteiger partial charge in [0, 0.05) is 19.0 Å². The van der Waals surface area contributed by atoms with E-state index in [1.807, 2.05) is 24.0 Å². The predicted octanol–water partition coefficient (Wildman–Crippen LogP) is 4.06. The van der Waals surface area contributed by atoms with Crippen LogP contribution < -0.4 is 4.90 Å². The number of fused-ring (bicyclic) bond motifs is 1. The number of aryl methyl sites for hydroxylation is 1. The first kappa shape index (κ1) is 16.8. The maximum absolute atomic E-state index is 12.6. The summed E-state index contributed by atoms with van der Waals surface area (Å²) in [5.41, 5.74) is 2.13. The van der Waals surface area contributed by atoms with Gasteiger partial charge in [-0.1, -0.05) is 6.07 Å². The fourth-order valence-electron chi connectivity index (χ4n) is 3.39. The number of halogens is 3. The molecular formula is C18H18F3N5. The van der Waals surface area contributed by atoms with Gasteiger partial charge in [0.2, 0.25) is 0 Å². The van der Waals surface area contributed by atoms with Crippen molar-refractivity contribution in [2.24, 2.45) is 0 Å². The fourth-order valence-corrected chi connectivity index (χ4v) is 3.39. The highest BCUT2D eigenvalue weighted by Crippen LogP contribution is 2.31. The number of aromatic nitrogens is 4. The number of aromatic amines is 1. The highest BCUT2D eigenvalue weighted by Gasteiger charge is 2.33. The van der Waals surface area contributed by atoms with Crippen molar-refractivity contribution in [2.75, 3.05) is 18.0 Å². The van der Waals surface area contributed by atoms with Crippen LogP contribution in [0.5, 0.6) is 0 Å². The minimum Gasteiger partial charge on any atom is -0.354 e. The van der Waals surface area contributed by atoms with Gasteiger partial charge in [0.25, 0.3) is 0 Å². The van der Waals surface area contributed by atoms with Crippen molar-refractivity contribution in [1.29, 1.82) is 0 Å². The van der Waals surface area contributed by atoms with E-state index in [4.69, 9.17) is 0 Å². The summed E-state index contributed by atoms with van der Waals surface area (Å²) in [7, 11) is 0. The summed E-state index contributed by atoms with van der Waals surface area (Å²) in [6.45, 7) is 3.43. The van der Waals surface area contributed by atoms with Gasteiger partial charge in [-0.15, -0.1) is 10.2 Å². The van der Waals surface area contributed by atoms with Crippen LogP contribution in [0, 0.1) is 6.92 Å². The second-order valence-corrected chi connectivity index (χ2v) is 6.70. The molecule has 4 rings (SSSR count). The topological polar surface area (TPSA) is 57.7 Å². The molecule has 1 saturated heterocycles. The minimum absolute atomic E-state index is 0.181. The molecule has 26 heavy (non-hydrogen) atoms. The fraction of sp³-hybridized carbons (Fsp3) is 0.389. The molecule has 0 saturated carbocycles. The van der Waals surface area contributed by atoms with E-state index in [1.165, 1.54) is 6.07 Å². The van der Waals surface area contributed by atoms with Crippen molar-refractivity contribution in [1.82, 2.24) is 20.2 Å². The normalized spacial score (nSPS) is 18.5. The van der Waals surface area contributed by atoms with Crippen LogP contribution in [0.15, 0.2) is 30.3 Å². The largest absolute Gasteiger partial charge is 0.435 e. The molecule has 3 heterocycles. The summed E-state index contributed by atoms with van der Waals surface area (Å²) in [5, 5.41) is 7.10. The lowest BCUT2D eigenvalue weighted by atomic mass is 9.97. The number of rotatable bonds is 2. The Hall–Kier alpha value is -2.64. The third kappa shape index (κ3) is 3.23. The van der Waals surface area contributed by atoms with Gasteiger partial charge in [-0.3, -0.25) is 0 Å². The lowest BCUT2D eigenvalue weighted by Crippen LogP contribution is -2.35. The van der Waals surface area contributed by atoms with Crippen LogP contribution in [0.4, 0.5) is 19.0 Å². The van der Waals surface area contributed by atoms with Crippen molar-refractivity contribution < 1.29 is 13.2 Å². The summed E-state index contributed by atoms with van der Waals surface area (Å²) in [6, 6.07) is 8.45. The summed E-state index contributed by atoms with van der Waals surface area (Å²) in [5.74, 6) is 1.56. The number of hydrogen-bond donors (Lipinski definition) is 1. The SMILES string of the molecule is Cc1ccc2nc(C3CCCN(c4ccc(C(F)(F)F)nn4)C3)[nH]c2c1. The van der Waals surface area contributed by atoms with Gasteiger partial charge in [0.1, 0.15) is 5.82 Å². The molecule has 8 heteroatoms. The highest BCUT2D eigenvalue weighted by molar-refractivity contribution is 5.75. The first-order chi connectivity index (χ1) is 12.4. The number of nitrogens with zero attached hydrogens (tertiary/aromatic N) is 4. The van der Waals surface area contributed by atoms with Crippen molar-refractivity contribution in [2.45, 2.75) is 31.9 Å². The third-order valence-corrected chi connectivity index (χ3v) is 4.73. The van der Waals surface area contributed by atoms with Crippen molar-refractivity contribution in [3.63, 3.8) is 0 Å². The Labute approximate surface area is 148 Å². The number of benzene rings is 1. The molecular weight excluding hydrogens is 343 g/mol. The number of H-pyrrole nitrogens is 1. The van der Waals surface area contributed by atoms with E-state index >= 15 is 0 Å². The molecule has 0 amide bonds. The van der Waals surface area contributed by atoms with E-state index in [2.05, 4.69) is 26.2 Å². The Morgan fingerprint density at radius 2 is 2.00 bits per heavy atom. The van der Waals surface area contributed by atoms with Crippen molar-refractivity contribution >= 4 is 16.9 Å². The zero-order valence-corrected chi connectivity index (χ0v) is 14.2. The average molecular weight is 361 g/mol. The standard InChI is InChI=1S/C18H18F3N5/c1-11-4-5-13-14(9-11)23-17(22-13)12-3-2-8-26(10-12)16-7-6-15(24-25-16)18(19,20)21/h4-7,9,12H,2-3,8,10H2,1H3,(H,22,23). The lowest BCUT2D eigenvalue weighted by Gasteiger charge is -2.32. The molecule has 0 radical (unpaired) electrons. The number of imidazole rings is 1. The monoisotopic (exact) mass is 361 g/mol. The van der Waals surface area contributed by atoms with Crippen LogP contribution in [0.25, 0.3) is 11.0 Å². The zero-order chi connectivity index (χ0) is 18.3. The maximum atomic E-state index is 12.6. The molecule has 5 nitrogen and oxygen atoms in total. The van der Waals surface area contributed by atoms with Crippen LogP contribution >= 0.6 is 0 Å². The summed E-state index contributed by atoms with van der Waals surface area (Å²) >= 11 is 0. The van der Waals surface area contributed by atoms with E-state index in [9.17, 15) is 13.2 Å². The number of alkyl halides is 3. The quantitative estimate of drug-likeness (QED) is 0.748. The van der Waals surface area contributed by atoms with Crippen molar-refractivity contribution in [3.8, 4) is 0 Å². The summed E-state index contributed by atoms with van der Waals surface area (Å²) in [4.78, 5) is 10.0. The van der Waals surface area contributed by atoms with Crippen LogP contribution in [0.2, 0.25) is 0 Å². The number of nitrogens with one attached hydrogen (secondary N) is 1. The molecule has 1 aliphatic heterocycles. The average Bonchev–Trinajstić information content (AvgIpc) is 3.04. The predicted molar refractivity (Wildman–Crippen MR) is 92.1 cm³/mol. The van der Waals surface area contributed by atoms with Crippen LogP contribution in [-0.4, -0.2) is 33.3 Å². The first-order valence-electron chi connectivity index (χ1n) is 8.52. The zero-order valence-electron chi connectivity index (χ0n) is 14.2. The first-order valence-corrected chi connectivity index (χ1v) is 8.52. The molecule has 0 spiro atoms. The van der Waals surface area contributed by atoms with Crippen LogP contribution in [-0.2, 0) is 6.18 Å². The van der Waals surface area contributed by atoms with Gasteiger partial charge in [-0.2, -0.15) is 13.2 Å². The van der Waals surface area contributed by atoms with E-state index in [1.54, 1.807) is 0 Å². The van der Waals surface area contributed by atoms with E-state index in [-0.39, 0.29) is 5.92 Å². The van der Waals surface area contributed by atoms with Crippen molar-refractivity contribution in [3.05, 3.63) is 47.4 Å². The molecule has 3 aromatic rings. The molecule has 1 aromatic carbocycles. The number of piperidine rings is 1. The van der Waals surface area contributed by atoms with Crippen LogP contribution in [0.3, 0.4) is 0 Å². The highest BCUT2D eigenvalue weighted by atomic mass is 19.4. The molecule has 0 aliphatic carbocycles. The Kier molecular flexibility index (Phi) is 4.05. The number of anilines is 1. The Morgan fingerprint density at radius 3 is 2.73 bits per heavy atom. The summed E-state index contributed by atoms with van der Waals surface area (Å²) in [6.07, 6.45) is -2.57. The molecule has 0 bridgehead atoms. The smallest absolute Gasteiger partial charge is 0.354 e. The van der Waals surface area contributed by atoms with E-state index in [0.717, 1.165) is 47.9 Å². The third-order valence-electron chi connectivity index (χ3n) is 4.73. The number of hydrogen-bond acceptors (Lipinski definition) is 4. The molecule has 136 valence electrons. The lowest BCUT2D eigenvalue weighted by molar-refractivity contribution is -0.141. The van der Waals surface area contributed by atoms with Gasteiger partial charge in [-0.05, 0) is 49.6 Å². The summed E-state index contributed by atoms with van der Waals surface area (Å²) < 4.78 is 37.9. The van der Waals surface area contributed by atoms with Gasteiger partial charge < -0.3 is 9.88 Å². The molecule has 1 N–H and O–H groups in total. The van der Waals surface area contributed by atoms with E-state index < -0.39 is 11.9 Å². The van der Waals surface area contributed by atoms with Gasteiger partial charge >= 0.3 is 6.18 Å². The second kappa shape index (κ2) is 6.26. The van der Waals surface area contributed by atoms with Crippen LogP contribution in [0.1, 0.15) is 35.8 Å². The molecule has 1 fully saturated rings. The Morgan fingerprint density at radius 1 is 1.15 bits per heavy atom.